The first-order valence-electron chi connectivity index (χ1n) is 23.7. The minimum atomic E-state index is -0.710. The quantitative estimate of drug-likeness (QED) is 0.0543. The number of allylic oxidation sites excluding steroid dienone is 1. The Bertz CT molecular complexity index is 2150. The van der Waals surface area contributed by atoms with Crippen LogP contribution in [0.15, 0.2) is 115 Å². The number of anilines is 2. The molecule has 5 rings (SSSR count). The third-order valence-electron chi connectivity index (χ3n) is 13.6. The van der Waals surface area contributed by atoms with Gasteiger partial charge in [-0.1, -0.05) is 134 Å². The largest absolute Gasteiger partial charge is 0.489 e. The van der Waals surface area contributed by atoms with Crippen LogP contribution in [0.2, 0.25) is 0 Å². The molecule has 0 aliphatic carbocycles. The molecular formula is C56H76N3O5+. The van der Waals surface area contributed by atoms with E-state index in [2.05, 4.69) is 95.4 Å². The number of hydrogen-bond donors (Lipinski definition) is 1. The van der Waals surface area contributed by atoms with Crippen LogP contribution in [0, 0.1) is 10.8 Å². The van der Waals surface area contributed by atoms with Crippen molar-refractivity contribution in [1.82, 2.24) is 0 Å². The molecule has 4 aromatic rings. The molecule has 1 fully saturated rings. The van der Waals surface area contributed by atoms with Crippen LogP contribution >= 0.6 is 0 Å². The molecule has 1 aliphatic rings. The van der Waals surface area contributed by atoms with E-state index in [0.29, 0.717) is 42.5 Å². The number of para-hydroxylation sites is 1. The summed E-state index contributed by atoms with van der Waals surface area (Å²) in [5.74, 6) is 0.865. The van der Waals surface area contributed by atoms with Gasteiger partial charge in [-0.25, -0.2) is 4.79 Å². The molecule has 344 valence electrons. The molecule has 1 N–H and O–H groups in total. The van der Waals surface area contributed by atoms with E-state index in [4.69, 9.17) is 9.47 Å². The Morgan fingerprint density at radius 3 is 2.03 bits per heavy atom. The van der Waals surface area contributed by atoms with E-state index in [1.165, 1.54) is 11.1 Å². The summed E-state index contributed by atoms with van der Waals surface area (Å²) < 4.78 is 12.7. The first-order chi connectivity index (χ1) is 30.4. The lowest BCUT2D eigenvalue weighted by molar-refractivity contribution is -0.927. The number of likely N-dealkylation sites (tertiary alicyclic amines) is 1. The van der Waals surface area contributed by atoms with Gasteiger partial charge < -0.3 is 18.9 Å². The second kappa shape index (κ2) is 22.1. The molecule has 8 nitrogen and oxygen atoms in total. The van der Waals surface area contributed by atoms with Crippen molar-refractivity contribution in [3.05, 3.63) is 138 Å². The van der Waals surface area contributed by atoms with Crippen molar-refractivity contribution in [3.63, 3.8) is 0 Å². The van der Waals surface area contributed by atoms with Crippen LogP contribution in [0.1, 0.15) is 141 Å². The summed E-state index contributed by atoms with van der Waals surface area (Å²) >= 11 is 0. The Balaban J connectivity index is 1.36. The van der Waals surface area contributed by atoms with Crippen LogP contribution in [0.4, 0.5) is 16.2 Å². The summed E-state index contributed by atoms with van der Waals surface area (Å²) in [7, 11) is 0. The molecule has 0 spiro atoms. The summed E-state index contributed by atoms with van der Waals surface area (Å²) in [5, 5.41) is 2.82. The molecule has 64 heavy (non-hydrogen) atoms. The number of piperidine rings is 1. The molecular weight excluding hydrogens is 795 g/mol. The smallest absolute Gasteiger partial charge is 0.412 e. The molecule has 0 aromatic heterocycles. The lowest BCUT2D eigenvalue weighted by Gasteiger charge is -2.46. The van der Waals surface area contributed by atoms with E-state index < -0.39 is 11.7 Å². The summed E-state index contributed by atoms with van der Waals surface area (Å²) in [4.78, 5) is 42.6. The van der Waals surface area contributed by atoms with Crippen LogP contribution in [0.5, 0.6) is 5.75 Å². The van der Waals surface area contributed by atoms with E-state index in [-0.39, 0.29) is 28.6 Å². The lowest BCUT2D eigenvalue weighted by atomic mass is 9.66. The zero-order valence-electron chi connectivity index (χ0n) is 40.5. The highest BCUT2D eigenvalue weighted by molar-refractivity contribution is 6.10. The van der Waals surface area contributed by atoms with Crippen molar-refractivity contribution in [2.45, 2.75) is 138 Å². The number of rotatable bonds is 20. The zero-order chi connectivity index (χ0) is 46.5. The molecule has 1 atom stereocenters. The average molecular weight is 871 g/mol. The molecule has 4 aromatic carbocycles. The number of quaternary nitrogens is 1. The topological polar surface area (TPSA) is 84.9 Å². The normalized spacial score (nSPS) is 17.4. The Kier molecular flexibility index (Phi) is 17.2. The standard InChI is InChI=1S/C56H75N3O5/c1-11-52(61)58(45-23-18-15-19-24-45)46-33-37-59(38-34-46,36-32-42-21-16-14-17-22-42)35-20-25-51(60)48-39-47(30-31-50(48)57-53(62)64-54(4,5)6)63-41-43-26-28-44(29-27-43)49(56(9,10)13-3)40-55(7,8)12-2/h14-31,39,46,49H,11-13,32-38,40-41H2,1-10H3/p+1/b25-20+. The summed E-state index contributed by atoms with van der Waals surface area (Å²) in [5.41, 5.74) is 4.99. The number of ether oxygens (including phenoxy) is 2. The van der Waals surface area contributed by atoms with E-state index in [1.807, 2.05) is 75.1 Å². The number of amides is 2. The van der Waals surface area contributed by atoms with Crippen LogP contribution in [-0.4, -0.2) is 60.1 Å². The van der Waals surface area contributed by atoms with Gasteiger partial charge in [-0.15, -0.1) is 0 Å². The second-order valence-corrected chi connectivity index (χ2v) is 20.4. The van der Waals surface area contributed by atoms with Crippen LogP contribution < -0.4 is 15.0 Å². The van der Waals surface area contributed by atoms with Crippen molar-refractivity contribution >= 4 is 29.2 Å². The molecule has 1 aliphatic heterocycles. The van der Waals surface area contributed by atoms with Gasteiger partial charge in [-0.2, -0.15) is 0 Å². The Morgan fingerprint density at radius 2 is 1.44 bits per heavy atom. The fourth-order valence-electron chi connectivity index (χ4n) is 8.80. The molecule has 8 heteroatoms. The number of nitrogens with one attached hydrogen (secondary N) is 1. The minimum Gasteiger partial charge on any atom is -0.489 e. The molecule has 0 saturated carbocycles. The summed E-state index contributed by atoms with van der Waals surface area (Å²) in [6, 6.07) is 34.7. The molecule has 0 radical (unpaired) electrons. The van der Waals surface area contributed by atoms with Crippen molar-refractivity contribution in [3.8, 4) is 5.75 Å². The van der Waals surface area contributed by atoms with Crippen molar-refractivity contribution in [2.24, 2.45) is 10.8 Å². The monoisotopic (exact) mass is 871 g/mol. The van der Waals surface area contributed by atoms with Gasteiger partial charge in [0.15, 0.2) is 5.78 Å². The first kappa shape index (κ1) is 49.8. The molecule has 1 heterocycles. The number of carbonyl (C=O) groups is 3. The molecule has 1 saturated heterocycles. The van der Waals surface area contributed by atoms with Crippen molar-refractivity contribution in [1.29, 1.82) is 0 Å². The van der Waals surface area contributed by atoms with Crippen molar-refractivity contribution < 1.29 is 28.3 Å². The van der Waals surface area contributed by atoms with Gasteiger partial charge in [0.05, 0.1) is 31.9 Å². The van der Waals surface area contributed by atoms with Gasteiger partial charge in [0.1, 0.15) is 18.0 Å². The maximum atomic E-state index is 14.2. The van der Waals surface area contributed by atoms with E-state index >= 15 is 0 Å². The highest BCUT2D eigenvalue weighted by atomic mass is 16.6. The fraction of sp³-hybridized carbons (Fsp3) is 0.482. The van der Waals surface area contributed by atoms with Gasteiger partial charge in [-0.05, 0) is 103 Å². The minimum absolute atomic E-state index is 0.105. The lowest BCUT2D eigenvalue weighted by Crippen LogP contribution is -2.58. The number of nitrogens with zero attached hydrogens (tertiary/aromatic N) is 2. The molecule has 1 unspecified atom stereocenters. The summed E-state index contributed by atoms with van der Waals surface area (Å²) in [6.45, 7) is 25.0. The number of hydrogen-bond acceptors (Lipinski definition) is 5. The van der Waals surface area contributed by atoms with Gasteiger partial charge >= 0.3 is 6.09 Å². The first-order valence-corrected chi connectivity index (χ1v) is 23.7. The number of benzene rings is 4. The highest BCUT2D eigenvalue weighted by Gasteiger charge is 2.37. The maximum Gasteiger partial charge on any atom is 0.412 e. The molecule has 0 bridgehead atoms. The number of ketones is 1. The van der Waals surface area contributed by atoms with E-state index in [9.17, 15) is 14.4 Å². The van der Waals surface area contributed by atoms with Crippen LogP contribution in [0.3, 0.4) is 0 Å². The van der Waals surface area contributed by atoms with Crippen molar-refractivity contribution in [2.75, 3.05) is 36.4 Å². The molecule has 2 amide bonds. The van der Waals surface area contributed by atoms with Gasteiger partial charge in [0.2, 0.25) is 5.91 Å². The zero-order valence-corrected chi connectivity index (χ0v) is 40.5. The predicted molar refractivity (Wildman–Crippen MR) is 263 cm³/mol. The van der Waals surface area contributed by atoms with Crippen LogP contribution in [-0.2, 0) is 22.6 Å². The number of carbonyl (C=O) groups excluding carboxylic acids is 3. The summed E-state index contributed by atoms with van der Waals surface area (Å²) in [6.07, 6.45) is 9.42. The highest BCUT2D eigenvalue weighted by Crippen LogP contribution is 2.46. The fourth-order valence-corrected chi connectivity index (χ4v) is 8.80. The van der Waals surface area contributed by atoms with E-state index in [1.54, 1.807) is 24.3 Å². The Morgan fingerprint density at radius 1 is 0.797 bits per heavy atom. The third kappa shape index (κ3) is 14.1. The average Bonchev–Trinajstić information content (AvgIpc) is 3.28. The van der Waals surface area contributed by atoms with Gasteiger partial charge in [-0.3, -0.25) is 14.9 Å². The SMILES string of the molecule is CCC(=O)N(c1ccccc1)C1CC[N+](C/C=C/C(=O)c2cc(OCc3ccc(C(CC(C)(C)CC)C(C)(C)CC)cc3)ccc2NC(=O)OC(C)(C)C)(CCc2ccccc2)CC1. The van der Waals surface area contributed by atoms with Crippen LogP contribution in [0.25, 0.3) is 0 Å². The Hall–Kier alpha value is -5.21. The van der Waals surface area contributed by atoms with E-state index in [0.717, 1.165) is 73.9 Å². The third-order valence-corrected chi connectivity index (χ3v) is 13.6. The predicted octanol–water partition coefficient (Wildman–Crippen LogP) is 13.4. The maximum absolute atomic E-state index is 14.2. The Labute approximate surface area is 385 Å². The van der Waals surface area contributed by atoms with Gasteiger partial charge in [0.25, 0.3) is 0 Å². The second-order valence-electron chi connectivity index (χ2n) is 20.4. The van der Waals surface area contributed by atoms with Gasteiger partial charge in [0, 0.05) is 43.0 Å².